The van der Waals surface area contributed by atoms with Gasteiger partial charge in [-0.15, -0.1) is 0 Å². The molecule has 0 aliphatic rings. The molecule has 1 radical (unpaired) electrons. The summed E-state index contributed by atoms with van der Waals surface area (Å²) >= 11 is -2.96. The van der Waals surface area contributed by atoms with Gasteiger partial charge in [0, 0.05) is 51.4 Å². The smallest absolute Gasteiger partial charge is 0.551 e. The third-order valence-electron chi connectivity index (χ3n) is 0.787. The molecule has 129 valence electrons. The Morgan fingerprint density at radius 3 is 0.864 bits per heavy atom. The van der Waals surface area contributed by atoms with Crippen LogP contribution in [0.4, 0.5) is 0 Å². The fourth-order valence-electron chi connectivity index (χ4n) is 0.479. The molecule has 2 N–H and O–H groups in total. The number of hydrogen-bond acceptors (Lipinski definition) is 8. The average molecular weight is 383 g/mol. The van der Waals surface area contributed by atoms with Gasteiger partial charge in [-0.3, -0.25) is 24.0 Å². The summed E-state index contributed by atoms with van der Waals surface area (Å²) in [4.78, 5) is 49.3. The van der Waals surface area contributed by atoms with Crippen molar-refractivity contribution in [2.75, 3.05) is 0 Å². The Morgan fingerprint density at radius 1 is 0.636 bits per heavy atom. The molecule has 0 aromatic carbocycles. The van der Waals surface area contributed by atoms with Crippen molar-refractivity contribution in [1.82, 2.24) is 0 Å². The van der Waals surface area contributed by atoms with Crippen LogP contribution in [0.2, 0.25) is 0 Å². The van der Waals surface area contributed by atoms with Gasteiger partial charge in [0.2, 0.25) is 0 Å². The van der Waals surface area contributed by atoms with Gasteiger partial charge in [0.1, 0.15) is 0 Å². The summed E-state index contributed by atoms with van der Waals surface area (Å²) in [6.07, 6.45) is 0. The first kappa shape index (κ1) is 28.5. The van der Waals surface area contributed by atoms with Crippen molar-refractivity contribution < 1.29 is 62.3 Å². The van der Waals surface area contributed by atoms with Crippen LogP contribution in [0.5, 0.6) is 0 Å². The second-order valence-corrected chi connectivity index (χ2v) is 4.44. The maximum Gasteiger partial charge on any atom is 1.20 e. The first-order valence-corrected chi connectivity index (χ1v) is 6.70. The number of rotatable bonds is 3. The van der Waals surface area contributed by atoms with Gasteiger partial charge in [-0.05, 0) is 0 Å². The van der Waals surface area contributed by atoms with Crippen LogP contribution in [0.15, 0.2) is 0 Å². The molecule has 0 spiro atoms. The first-order valence-electron chi connectivity index (χ1n) is 5.29. The van der Waals surface area contributed by atoms with E-state index in [-0.39, 0.29) is 16.8 Å². The van der Waals surface area contributed by atoms with E-state index in [1.54, 1.807) is 0 Å². The molecule has 10 nitrogen and oxygen atoms in total. The van der Waals surface area contributed by atoms with Crippen LogP contribution < -0.4 is 0 Å². The zero-order valence-electron chi connectivity index (χ0n) is 12.6. The fourth-order valence-corrected chi connectivity index (χ4v) is 1.44. The minimum absolute atomic E-state index is 0. The minimum atomic E-state index is -2.96. The summed E-state index contributed by atoms with van der Waals surface area (Å²) in [5, 5.41) is 14.8. The van der Waals surface area contributed by atoms with E-state index in [0.29, 0.717) is 0 Å². The molecule has 0 rings (SSSR count). The number of carboxylic acid groups (broad SMARTS) is 2. The van der Waals surface area contributed by atoms with Crippen LogP contribution in [-0.2, 0) is 52.1 Å². The maximum absolute atomic E-state index is 10.4. The normalized spacial score (nSPS) is 7.32. The predicted octanol–water partition coefficient (Wildman–Crippen LogP) is -0.160. The minimum Gasteiger partial charge on any atom is -0.551 e. The molecule has 12 heteroatoms. The van der Waals surface area contributed by atoms with E-state index in [2.05, 4.69) is 11.4 Å². The topological polar surface area (TPSA) is 153 Å². The van der Waals surface area contributed by atoms with Crippen LogP contribution in [-0.4, -0.2) is 55.2 Å². The summed E-state index contributed by atoms with van der Waals surface area (Å²) in [5.74, 6) is -3.63. The second kappa shape index (κ2) is 17.4. The molecule has 0 amide bonds. The third kappa shape index (κ3) is 51.5. The molecular weight excluding hydrogens is 366 g/mol. The number of carbonyl (C=O) groups excluding carboxylic acids is 3. The average Bonchev–Trinajstić information content (AvgIpc) is 2.10. The number of aliphatic carboxylic acids is 2. The Balaban J connectivity index is -0.000000150. The van der Waals surface area contributed by atoms with E-state index < -0.39 is 45.0 Å². The molecule has 0 bridgehead atoms. The quantitative estimate of drug-likeness (QED) is 0.628. The van der Waals surface area contributed by atoms with Crippen molar-refractivity contribution in [3.05, 3.63) is 0 Å². The Morgan fingerprint density at radius 2 is 0.773 bits per heavy atom. The number of carboxylic acids is 2. The Labute approximate surface area is 142 Å². The summed E-state index contributed by atoms with van der Waals surface area (Å²) in [6, 6.07) is 0. The zero-order chi connectivity index (χ0) is 17.6. The van der Waals surface area contributed by atoms with Crippen molar-refractivity contribution in [1.29, 1.82) is 0 Å². The molecule has 0 saturated heterocycles. The standard InChI is InChI=1S/5C2H4O2.Al.Co/c5*1-2(3)4;;/h5*1H3,(H,3,4);;/q;;;;;+3;/p-3. The van der Waals surface area contributed by atoms with Crippen LogP contribution in [0, 0.1) is 0 Å². The summed E-state index contributed by atoms with van der Waals surface area (Å²) in [6.45, 7) is 5.56. The molecule has 0 fully saturated rings. The molecule has 0 atom stereocenters. The molecular formula is C10H17AlCoO10. The van der Waals surface area contributed by atoms with E-state index in [0.717, 1.165) is 34.6 Å². The Kier molecular flexibility index (Phi) is 22.6. The van der Waals surface area contributed by atoms with E-state index in [1.165, 1.54) is 0 Å². The van der Waals surface area contributed by atoms with Crippen molar-refractivity contribution in [3.8, 4) is 0 Å². The number of hydrogen-bond donors (Lipinski definition) is 2. The first-order chi connectivity index (χ1) is 9.38. The molecule has 0 unspecified atom stereocenters. The molecule has 0 heterocycles. The van der Waals surface area contributed by atoms with Gasteiger partial charge < -0.3 is 21.6 Å². The van der Waals surface area contributed by atoms with Crippen LogP contribution in [0.25, 0.3) is 0 Å². The summed E-state index contributed by atoms with van der Waals surface area (Å²) in [5.41, 5.74) is 0. The van der Waals surface area contributed by atoms with Crippen LogP contribution in [0.3, 0.4) is 0 Å². The van der Waals surface area contributed by atoms with Gasteiger partial charge in [-0.25, -0.2) is 0 Å². The van der Waals surface area contributed by atoms with E-state index in [9.17, 15) is 14.4 Å². The van der Waals surface area contributed by atoms with Crippen molar-refractivity contribution in [3.63, 3.8) is 0 Å². The van der Waals surface area contributed by atoms with Gasteiger partial charge in [0.05, 0.1) is 0 Å². The van der Waals surface area contributed by atoms with E-state index in [4.69, 9.17) is 19.8 Å². The molecule has 0 aromatic heterocycles. The molecule has 22 heavy (non-hydrogen) atoms. The van der Waals surface area contributed by atoms with Gasteiger partial charge in [-0.2, -0.15) is 0 Å². The van der Waals surface area contributed by atoms with E-state index >= 15 is 0 Å². The molecule has 0 aliphatic carbocycles. The molecule has 0 aromatic rings. The van der Waals surface area contributed by atoms with Crippen LogP contribution in [0.1, 0.15) is 34.6 Å². The summed E-state index contributed by atoms with van der Waals surface area (Å²) in [7, 11) is 0. The Bertz CT molecular complexity index is 326. The largest absolute Gasteiger partial charge is 1.20 e. The Hall–Kier alpha value is -1.61. The van der Waals surface area contributed by atoms with Gasteiger partial charge in [0.25, 0.3) is 29.8 Å². The van der Waals surface area contributed by atoms with Crippen molar-refractivity contribution >= 4 is 45.0 Å². The van der Waals surface area contributed by atoms with E-state index in [1.807, 2.05) is 0 Å². The van der Waals surface area contributed by atoms with Crippen molar-refractivity contribution in [2.45, 2.75) is 34.6 Å². The van der Waals surface area contributed by atoms with Gasteiger partial charge in [-0.1, -0.05) is 0 Å². The predicted molar refractivity (Wildman–Crippen MR) is 67.7 cm³/mol. The molecule has 0 aliphatic heterocycles. The maximum atomic E-state index is 10.4. The van der Waals surface area contributed by atoms with Crippen molar-refractivity contribution in [2.24, 2.45) is 0 Å². The zero-order valence-corrected chi connectivity index (χ0v) is 14.8. The van der Waals surface area contributed by atoms with Gasteiger partial charge >= 0.3 is 15.1 Å². The van der Waals surface area contributed by atoms with Crippen LogP contribution >= 0.6 is 0 Å². The third-order valence-corrected chi connectivity index (χ3v) is 2.36. The fraction of sp³-hybridized carbons (Fsp3) is 0.500. The number of carbonyl (C=O) groups is 5. The second-order valence-electron chi connectivity index (χ2n) is 3.16. The monoisotopic (exact) mass is 383 g/mol. The summed E-state index contributed by atoms with van der Waals surface area (Å²) < 4.78 is 13.5. The SMILES string of the molecule is CC(=O)O.CC(=O)O.CC(=O)[O][Al]([O]C(C)=O)[O]C(C)=O.[Co]. The molecule has 0 saturated carbocycles. The van der Waals surface area contributed by atoms with Gasteiger partial charge in [0.15, 0.2) is 0 Å².